The molecule has 2 heterocycles. The summed E-state index contributed by atoms with van der Waals surface area (Å²) in [4.78, 5) is 0. The minimum atomic E-state index is 0.194. The third kappa shape index (κ3) is 3.23. The summed E-state index contributed by atoms with van der Waals surface area (Å²) in [5, 5.41) is 13.9. The quantitative estimate of drug-likeness (QED) is 0.878. The second kappa shape index (κ2) is 5.70. The van der Waals surface area contributed by atoms with Crippen LogP contribution in [-0.4, -0.2) is 22.8 Å². The van der Waals surface area contributed by atoms with E-state index in [2.05, 4.69) is 29.4 Å². The van der Waals surface area contributed by atoms with Crippen molar-refractivity contribution in [2.45, 2.75) is 51.8 Å². The van der Waals surface area contributed by atoms with Crippen LogP contribution in [0.1, 0.15) is 49.2 Å². The molecule has 2 rings (SSSR count). The lowest BCUT2D eigenvalue weighted by Crippen LogP contribution is -2.21. The van der Waals surface area contributed by atoms with E-state index < -0.39 is 0 Å². The van der Waals surface area contributed by atoms with Crippen LogP contribution in [0.5, 0.6) is 0 Å². The molecule has 1 unspecified atom stereocenters. The third-order valence-electron chi connectivity index (χ3n) is 2.60. The molecule has 90 valence electrons. The van der Waals surface area contributed by atoms with Crippen molar-refractivity contribution in [3.8, 4) is 0 Å². The molecule has 1 aliphatic heterocycles. The molecule has 1 aromatic heterocycles. The summed E-state index contributed by atoms with van der Waals surface area (Å²) in [6.45, 7) is 5.93. The van der Waals surface area contributed by atoms with Gasteiger partial charge in [0.15, 0.2) is 0 Å². The summed E-state index contributed by atoms with van der Waals surface area (Å²) < 4.78 is 5.69. The summed E-state index contributed by atoms with van der Waals surface area (Å²) in [7, 11) is 0. The summed E-state index contributed by atoms with van der Waals surface area (Å²) >= 11 is 1.67. The van der Waals surface area contributed by atoms with Gasteiger partial charge >= 0.3 is 0 Å². The lowest BCUT2D eigenvalue weighted by molar-refractivity contribution is 0.0144. The molecule has 0 saturated carbocycles. The normalized spacial score (nSPS) is 21.6. The van der Waals surface area contributed by atoms with Crippen LogP contribution in [0.15, 0.2) is 0 Å². The van der Waals surface area contributed by atoms with Crippen LogP contribution in [-0.2, 0) is 11.3 Å². The fourth-order valence-electron chi connectivity index (χ4n) is 1.70. The summed E-state index contributed by atoms with van der Waals surface area (Å²) in [5.74, 6) is 0. The topological polar surface area (TPSA) is 47.0 Å². The first-order chi connectivity index (χ1) is 7.75. The lowest BCUT2D eigenvalue weighted by Gasteiger charge is -2.19. The minimum Gasteiger partial charge on any atom is -0.371 e. The molecule has 5 heteroatoms. The Morgan fingerprint density at radius 1 is 1.44 bits per heavy atom. The highest BCUT2D eigenvalue weighted by molar-refractivity contribution is 7.11. The monoisotopic (exact) mass is 241 g/mol. The van der Waals surface area contributed by atoms with Crippen LogP contribution in [0.3, 0.4) is 0 Å². The summed E-state index contributed by atoms with van der Waals surface area (Å²) in [5.41, 5.74) is 0. The molecule has 1 N–H and O–H groups in total. The maximum absolute atomic E-state index is 5.69. The fraction of sp³-hybridized carbons (Fsp3) is 0.818. The van der Waals surface area contributed by atoms with Gasteiger partial charge in [-0.1, -0.05) is 25.2 Å². The molecular weight excluding hydrogens is 222 g/mol. The molecule has 1 aliphatic rings. The molecule has 1 fully saturated rings. The van der Waals surface area contributed by atoms with E-state index in [4.69, 9.17) is 4.74 Å². The smallest absolute Gasteiger partial charge is 0.146 e. The Balaban J connectivity index is 1.90. The maximum atomic E-state index is 5.69. The van der Waals surface area contributed by atoms with Crippen LogP contribution in [0.25, 0.3) is 0 Å². The van der Waals surface area contributed by atoms with Crippen molar-refractivity contribution in [2.75, 3.05) is 6.61 Å². The Hall–Kier alpha value is -0.520. The van der Waals surface area contributed by atoms with Crippen molar-refractivity contribution >= 4 is 11.3 Å². The van der Waals surface area contributed by atoms with E-state index in [-0.39, 0.29) is 6.10 Å². The van der Waals surface area contributed by atoms with Crippen LogP contribution >= 0.6 is 11.3 Å². The molecule has 1 aromatic rings. The first kappa shape index (κ1) is 12.0. The molecule has 4 nitrogen and oxygen atoms in total. The maximum Gasteiger partial charge on any atom is 0.146 e. The standard InChI is InChI=1S/C11H19N3OS/c1-8(2)12-7-10-13-14-11(16-10)9-5-3-4-6-15-9/h8-9,12H,3-7H2,1-2H3. The zero-order valence-electron chi connectivity index (χ0n) is 9.90. The lowest BCUT2D eigenvalue weighted by atomic mass is 10.1. The van der Waals surface area contributed by atoms with Crippen molar-refractivity contribution in [2.24, 2.45) is 0 Å². The third-order valence-corrected chi connectivity index (χ3v) is 3.61. The molecule has 1 atom stereocenters. The van der Waals surface area contributed by atoms with Crippen molar-refractivity contribution in [3.05, 3.63) is 10.0 Å². The van der Waals surface area contributed by atoms with Crippen LogP contribution in [0.4, 0.5) is 0 Å². The van der Waals surface area contributed by atoms with E-state index in [0.29, 0.717) is 6.04 Å². The van der Waals surface area contributed by atoms with Crippen molar-refractivity contribution in [3.63, 3.8) is 0 Å². The highest BCUT2D eigenvalue weighted by Crippen LogP contribution is 2.29. The zero-order chi connectivity index (χ0) is 11.4. The highest BCUT2D eigenvalue weighted by Gasteiger charge is 2.20. The number of nitrogens with one attached hydrogen (secondary N) is 1. The van der Waals surface area contributed by atoms with Gasteiger partial charge in [-0.05, 0) is 19.3 Å². The fourth-order valence-corrected chi connectivity index (χ4v) is 2.57. The van der Waals surface area contributed by atoms with E-state index in [1.165, 1.54) is 12.8 Å². The van der Waals surface area contributed by atoms with Gasteiger partial charge in [-0.15, -0.1) is 10.2 Å². The first-order valence-electron chi connectivity index (χ1n) is 5.93. The minimum absolute atomic E-state index is 0.194. The number of hydrogen-bond donors (Lipinski definition) is 1. The van der Waals surface area contributed by atoms with E-state index in [9.17, 15) is 0 Å². The summed E-state index contributed by atoms with van der Waals surface area (Å²) in [6.07, 6.45) is 3.70. The van der Waals surface area contributed by atoms with Gasteiger partial charge in [-0.2, -0.15) is 0 Å². The first-order valence-corrected chi connectivity index (χ1v) is 6.74. The molecule has 0 aliphatic carbocycles. The molecule has 16 heavy (non-hydrogen) atoms. The van der Waals surface area contributed by atoms with Gasteiger partial charge in [0.2, 0.25) is 0 Å². The van der Waals surface area contributed by atoms with E-state index >= 15 is 0 Å². The van der Waals surface area contributed by atoms with Gasteiger partial charge < -0.3 is 10.1 Å². The molecule has 0 bridgehead atoms. The van der Waals surface area contributed by atoms with E-state index in [1.807, 2.05) is 0 Å². The molecule has 0 spiro atoms. The molecule has 0 aromatic carbocycles. The summed E-state index contributed by atoms with van der Waals surface area (Å²) in [6, 6.07) is 0.485. The predicted molar refractivity (Wildman–Crippen MR) is 64.4 cm³/mol. The average Bonchev–Trinajstić information content (AvgIpc) is 2.76. The van der Waals surface area contributed by atoms with Crippen LogP contribution in [0, 0.1) is 0 Å². The molecule has 0 radical (unpaired) electrons. The Bertz CT molecular complexity index is 321. The highest BCUT2D eigenvalue weighted by atomic mass is 32.1. The Labute approximate surface area is 100 Å². The van der Waals surface area contributed by atoms with Gasteiger partial charge in [-0.3, -0.25) is 0 Å². The predicted octanol–water partition coefficient (Wildman–Crippen LogP) is 2.28. The van der Waals surface area contributed by atoms with Gasteiger partial charge in [0.05, 0.1) is 0 Å². The number of hydrogen-bond acceptors (Lipinski definition) is 5. The number of nitrogens with zero attached hydrogens (tertiary/aromatic N) is 2. The number of aromatic nitrogens is 2. The Kier molecular flexibility index (Phi) is 4.26. The van der Waals surface area contributed by atoms with Gasteiger partial charge in [-0.25, -0.2) is 0 Å². The number of rotatable bonds is 4. The van der Waals surface area contributed by atoms with Gasteiger partial charge in [0, 0.05) is 19.2 Å². The SMILES string of the molecule is CC(C)NCc1nnc(C2CCCCO2)s1. The van der Waals surface area contributed by atoms with E-state index in [1.54, 1.807) is 11.3 Å². The van der Waals surface area contributed by atoms with Crippen LogP contribution < -0.4 is 5.32 Å². The average molecular weight is 241 g/mol. The Morgan fingerprint density at radius 3 is 3.00 bits per heavy atom. The number of ether oxygens (including phenoxy) is 1. The van der Waals surface area contributed by atoms with Crippen molar-refractivity contribution in [1.82, 2.24) is 15.5 Å². The van der Waals surface area contributed by atoms with Crippen molar-refractivity contribution in [1.29, 1.82) is 0 Å². The Morgan fingerprint density at radius 2 is 2.31 bits per heavy atom. The van der Waals surface area contributed by atoms with Gasteiger partial charge in [0.1, 0.15) is 16.1 Å². The zero-order valence-corrected chi connectivity index (χ0v) is 10.7. The van der Waals surface area contributed by atoms with Gasteiger partial charge in [0.25, 0.3) is 0 Å². The molecule has 0 amide bonds. The van der Waals surface area contributed by atoms with Crippen LogP contribution in [0.2, 0.25) is 0 Å². The largest absolute Gasteiger partial charge is 0.371 e. The second-order valence-corrected chi connectivity index (χ2v) is 5.52. The second-order valence-electron chi connectivity index (χ2n) is 4.42. The molecule has 1 saturated heterocycles. The van der Waals surface area contributed by atoms with E-state index in [0.717, 1.165) is 29.6 Å². The molecular formula is C11H19N3OS. The van der Waals surface area contributed by atoms with Crippen molar-refractivity contribution < 1.29 is 4.74 Å².